The van der Waals surface area contributed by atoms with Crippen LogP contribution >= 0.6 is 15.9 Å². The van der Waals surface area contributed by atoms with Crippen LogP contribution in [0.1, 0.15) is 5.56 Å². The van der Waals surface area contributed by atoms with Crippen LogP contribution in [0.3, 0.4) is 0 Å². The van der Waals surface area contributed by atoms with E-state index in [0.29, 0.717) is 16.8 Å². The van der Waals surface area contributed by atoms with Gasteiger partial charge in [-0.25, -0.2) is 0 Å². The van der Waals surface area contributed by atoms with Crippen LogP contribution in [0.15, 0.2) is 16.6 Å². The molecule has 0 heterocycles. The quantitative estimate of drug-likeness (QED) is 0.814. The summed E-state index contributed by atoms with van der Waals surface area (Å²) >= 11 is 3.19. The fourth-order valence-corrected chi connectivity index (χ4v) is 1.39. The third-order valence-corrected chi connectivity index (χ3v) is 2.15. The van der Waals surface area contributed by atoms with E-state index in [-0.39, 0.29) is 5.75 Å². The Morgan fingerprint density at radius 1 is 1.58 bits per heavy atom. The predicted molar refractivity (Wildman–Crippen MR) is 50.3 cm³/mol. The number of ether oxygens (including phenoxy) is 1. The highest BCUT2D eigenvalue weighted by Gasteiger charge is 2.06. The third-order valence-electron chi connectivity index (χ3n) is 1.54. The Morgan fingerprint density at radius 3 is 2.75 bits per heavy atom. The van der Waals surface area contributed by atoms with Crippen LogP contribution in [0.25, 0.3) is 0 Å². The summed E-state index contributed by atoms with van der Waals surface area (Å²) in [5.41, 5.74) is 6.35. The van der Waals surface area contributed by atoms with Crippen molar-refractivity contribution < 1.29 is 9.84 Å². The van der Waals surface area contributed by atoms with Gasteiger partial charge in [0.2, 0.25) is 0 Å². The molecule has 0 spiro atoms. The molecule has 0 radical (unpaired) electrons. The van der Waals surface area contributed by atoms with Crippen LogP contribution < -0.4 is 10.5 Å². The molecule has 66 valence electrons. The van der Waals surface area contributed by atoms with Gasteiger partial charge in [0.1, 0.15) is 0 Å². The van der Waals surface area contributed by atoms with Gasteiger partial charge in [-0.2, -0.15) is 0 Å². The molecule has 3 N–H and O–H groups in total. The minimum atomic E-state index is 0.106. The second kappa shape index (κ2) is 3.78. The average molecular weight is 232 g/mol. The second-order valence-corrected chi connectivity index (χ2v) is 3.19. The molecule has 1 rings (SSSR count). The first-order valence-corrected chi connectivity index (χ1v) is 4.23. The van der Waals surface area contributed by atoms with Gasteiger partial charge in [-0.1, -0.05) is 0 Å². The van der Waals surface area contributed by atoms with Crippen LogP contribution in [0.2, 0.25) is 0 Å². The van der Waals surface area contributed by atoms with E-state index in [0.717, 1.165) is 5.56 Å². The molecule has 0 bridgehead atoms. The molecule has 3 nitrogen and oxygen atoms in total. The summed E-state index contributed by atoms with van der Waals surface area (Å²) in [6.07, 6.45) is 0. The molecule has 0 fully saturated rings. The SMILES string of the molecule is COc1cc(CN)cc(Br)c1O. The normalized spacial score (nSPS) is 9.92. The van der Waals surface area contributed by atoms with Gasteiger partial charge >= 0.3 is 0 Å². The minimum Gasteiger partial charge on any atom is -0.503 e. The van der Waals surface area contributed by atoms with Crippen LogP contribution in [0.5, 0.6) is 11.5 Å². The zero-order valence-electron chi connectivity index (χ0n) is 6.67. The lowest BCUT2D eigenvalue weighted by atomic mass is 10.2. The summed E-state index contributed by atoms with van der Waals surface area (Å²) in [6.45, 7) is 0.426. The minimum absolute atomic E-state index is 0.106. The molecule has 0 atom stereocenters. The molecule has 1 aromatic carbocycles. The number of phenolic OH excluding ortho intramolecular Hbond substituents is 1. The van der Waals surface area contributed by atoms with Crippen molar-refractivity contribution in [1.82, 2.24) is 0 Å². The number of aromatic hydroxyl groups is 1. The maximum absolute atomic E-state index is 9.40. The molecule has 0 saturated heterocycles. The zero-order valence-corrected chi connectivity index (χ0v) is 8.26. The predicted octanol–water partition coefficient (Wildman–Crippen LogP) is 1.62. The Kier molecular flexibility index (Phi) is 2.94. The summed E-state index contributed by atoms with van der Waals surface area (Å²) in [6, 6.07) is 3.47. The van der Waals surface area contributed by atoms with E-state index in [1.165, 1.54) is 7.11 Å². The summed E-state index contributed by atoms with van der Waals surface area (Å²) in [5, 5.41) is 9.40. The molecule has 1 aromatic rings. The second-order valence-electron chi connectivity index (χ2n) is 2.33. The highest BCUT2D eigenvalue weighted by Crippen LogP contribution is 2.34. The molecule has 4 heteroatoms. The lowest BCUT2D eigenvalue weighted by Gasteiger charge is -2.06. The van der Waals surface area contributed by atoms with E-state index in [1.54, 1.807) is 12.1 Å². The van der Waals surface area contributed by atoms with Crippen molar-refractivity contribution in [2.75, 3.05) is 7.11 Å². The molecule has 0 saturated carbocycles. The first-order chi connectivity index (χ1) is 5.69. The summed E-state index contributed by atoms with van der Waals surface area (Å²) in [5.74, 6) is 0.541. The number of nitrogens with two attached hydrogens (primary N) is 1. The van der Waals surface area contributed by atoms with Crippen molar-refractivity contribution in [1.29, 1.82) is 0 Å². The number of hydrogen-bond acceptors (Lipinski definition) is 3. The van der Waals surface area contributed by atoms with E-state index in [2.05, 4.69) is 15.9 Å². The Hall–Kier alpha value is -0.740. The molecule has 0 aromatic heterocycles. The van der Waals surface area contributed by atoms with Gasteiger partial charge in [-0.15, -0.1) is 0 Å². The van der Waals surface area contributed by atoms with Gasteiger partial charge in [0, 0.05) is 6.54 Å². The highest BCUT2D eigenvalue weighted by molar-refractivity contribution is 9.10. The lowest BCUT2D eigenvalue weighted by Crippen LogP contribution is -1.97. The Labute approximate surface area is 79.3 Å². The van der Waals surface area contributed by atoms with Crippen molar-refractivity contribution >= 4 is 15.9 Å². The maximum Gasteiger partial charge on any atom is 0.172 e. The van der Waals surface area contributed by atoms with Crippen molar-refractivity contribution in [3.8, 4) is 11.5 Å². The summed E-state index contributed by atoms with van der Waals surface area (Å²) in [7, 11) is 1.50. The molecule has 0 amide bonds. The fourth-order valence-electron chi connectivity index (χ4n) is 0.901. The van der Waals surface area contributed by atoms with Gasteiger partial charge < -0.3 is 15.6 Å². The van der Waals surface area contributed by atoms with E-state index < -0.39 is 0 Å². The average Bonchev–Trinajstić information content (AvgIpc) is 2.09. The van der Waals surface area contributed by atoms with Gasteiger partial charge in [0.25, 0.3) is 0 Å². The number of halogens is 1. The first kappa shape index (κ1) is 9.35. The van der Waals surface area contributed by atoms with Crippen molar-refractivity contribution in [3.63, 3.8) is 0 Å². The zero-order chi connectivity index (χ0) is 9.14. The molecule has 0 aliphatic heterocycles. The standard InChI is InChI=1S/C8H10BrNO2/c1-12-7-3-5(4-10)2-6(9)8(7)11/h2-3,11H,4,10H2,1H3. The molecule has 0 unspecified atom stereocenters. The van der Waals surface area contributed by atoms with E-state index in [9.17, 15) is 5.11 Å². The van der Waals surface area contributed by atoms with Crippen LogP contribution in [-0.2, 0) is 6.54 Å². The van der Waals surface area contributed by atoms with Gasteiger partial charge in [-0.3, -0.25) is 0 Å². The highest BCUT2D eigenvalue weighted by atomic mass is 79.9. The Bertz CT molecular complexity index is 289. The third kappa shape index (κ3) is 1.70. The number of hydrogen-bond donors (Lipinski definition) is 2. The van der Waals surface area contributed by atoms with E-state index in [1.807, 2.05) is 0 Å². The van der Waals surface area contributed by atoms with Gasteiger partial charge in [0.15, 0.2) is 11.5 Å². The number of methoxy groups -OCH3 is 1. The molecule has 12 heavy (non-hydrogen) atoms. The summed E-state index contributed by atoms with van der Waals surface area (Å²) < 4.78 is 5.53. The Balaban J connectivity index is 3.19. The molecular formula is C8H10BrNO2. The van der Waals surface area contributed by atoms with Crippen molar-refractivity contribution in [2.45, 2.75) is 6.54 Å². The number of rotatable bonds is 2. The topological polar surface area (TPSA) is 55.5 Å². The van der Waals surface area contributed by atoms with Crippen molar-refractivity contribution in [2.24, 2.45) is 5.73 Å². The molecule has 0 aliphatic rings. The van der Waals surface area contributed by atoms with Gasteiger partial charge in [0.05, 0.1) is 11.6 Å². The van der Waals surface area contributed by atoms with Crippen molar-refractivity contribution in [3.05, 3.63) is 22.2 Å². The van der Waals surface area contributed by atoms with Gasteiger partial charge in [-0.05, 0) is 33.6 Å². The van der Waals surface area contributed by atoms with Crippen LogP contribution in [0, 0.1) is 0 Å². The monoisotopic (exact) mass is 231 g/mol. The lowest BCUT2D eigenvalue weighted by molar-refractivity contribution is 0.371. The number of phenols is 1. The Morgan fingerprint density at radius 2 is 2.25 bits per heavy atom. The first-order valence-electron chi connectivity index (χ1n) is 3.44. The maximum atomic E-state index is 9.40. The fraction of sp³-hybridized carbons (Fsp3) is 0.250. The largest absolute Gasteiger partial charge is 0.503 e. The molecular weight excluding hydrogens is 222 g/mol. The smallest absolute Gasteiger partial charge is 0.172 e. The number of benzene rings is 1. The summed E-state index contributed by atoms with van der Waals surface area (Å²) in [4.78, 5) is 0. The molecule has 0 aliphatic carbocycles. The van der Waals surface area contributed by atoms with E-state index in [4.69, 9.17) is 10.5 Å². The van der Waals surface area contributed by atoms with Crippen LogP contribution in [0.4, 0.5) is 0 Å². The van der Waals surface area contributed by atoms with E-state index >= 15 is 0 Å². The van der Waals surface area contributed by atoms with Crippen LogP contribution in [-0.4, -0.2) is 12.2 Å².